The van der Waals surface area contributed by atoms with E-state index in [9.17, 15) is 0 Å². The molecule has 20 heavy (non-hydrogen) atoms. The highest BCUT2D eigenvalue weighted by Gasteiger charge is 2.17. The zero-order valence-electron chi connectivity index (χ0n) is 12.6. The SMILES string of the molecule is CCC(C)c1nc(N(C)Cc2ccc(C)o2)sc1CN. The monoisotopic (exact) mass is 293 g/mol. The van der Waals surface area contributed by atoms with Gasteiger partial charge >= 0.3 is 0 Å². The van der Waals surface area contributed by atoms with E-state index in [-0.39, 0.29) is 0 Å². The van der Waals surface area contributed by atoms with E-state index in [0.29, 0.717) is 12.5 Å². The summed E-state index contributed by atoms with van der Waals surface area (Å²) >= 11 is 1.69. The van der Waals surface area contributed by atoms with Gasteiger partial charge in [0.15, 0.2) is 5.13 Å². The van der Waals surface area contributed by atoms with Crippen molar-refractivity contribution in [1.82, 2.24) is 4.98 Å². The van der Waals surface area contributed by atoms with Crippen LogP contribution in [0.3, 0.4) is 0 Å². The first-order chi connectivity index (χ1) is 9.55. The Morgan fingerprint density at radius 1 is 1.45 bits per heavy atom. The minimum absolute atomic E-state index is 0.456. The van der Waals surface area contributed by atoms with Crippen LogP contribution in [0.5, 0.6) is 0 Å². The number of furan rings is 1. The molecular weight excluding hydrogens is 270 g/mol. The molecule has 0 amide bonds. The topological polar surface area (TPSA) is 55.3 Å². The van der Waals surface area contributed by atoms with Crippen LogP contribution in [-0.2, 0) is 13.1 Å². The lowest BCUT2D eigenvalue weighted by Crippen LogP contribution is -2.15. The van der Waals surface area contributed by atoms with Crippen molar-refractivity contribution in [3.8, 4) is 0 Å². The summed E-state index contributed by atoms with van der Waals surface area (Å²) in [7, 11) is 2.04. The fourth-order valence-corrected chi connectivity index (χ4v) is 3.13. The third-order valence-corrected chi connectivity index (χ3v) is 4.70. The van der Waals surface area contributed by atoms with Crippen LogP contribution >= 0.6 is 11.3 Å². The van der Waals surface area contributed by atoms with Crippen molar-refractivity contribution in [3.05, 3.63) is 34.2 Å². The van der Waals surface area contributed by atoms with Gasteiger partial charge < -0.3 is 15.1 Å². The maximum Gasteiger partial charge on any atom is 0.185 e. The predicted octanol–water partition coefficient (Wildman–Crippen LogP) is 3.65. The zero-order valence-corrected chi connectivity index (χ0v) is 13.5. The predicted molar refractivity (Wildman–Crippen MR) is 84.3 cm³/mol. The van der Waals surface area contributed by atoms with Crippen molar-refractivity contribution < 1.29 is 4.42 Å². The van der Waals surface area contributed by atoms with Gasteiger partial charge in [0.1, 0.15) is 11.5 Å². The first-order valence-corrected chi connectivity index (χ1v) is 7.82. The highest BCUT2D eigenvalue weighted by atomic mass is 32.1. The number of thiazole rings is 1. The standard InChI is InChI=1S/C15H23N3OS/c1-5-10(2)14-13(8-16)20-15(17-14)18(4)9-12-7-6-11(3)19-12/h6-7,10H,5,8-9,16H2,1-4H3. The Balaban J connectivity index is 2.17. The molecule has 0 fully saturated rings. The van der Waals surface area contributed by atoms with Gasteiger partial charge in [-0.2, -0.15) is 0 Å². The van der Waals surface area contributed by atoms with Crippen molar-refractivity contribution in [2.75, 3.05) is 11.9 Å². The van der Waals surface area contributed by atoms with Gasteiger partial charge in [-0.3, -0.25) is 0 Å². The molecule has 0 aliphatic heterocycles. The summed E-state index contributed by atoms with van der Waals surface area (Å²) in [6.45, 7) is 7.63. The van der Waals surface area contributed by atoms with Gasteiger partial charge in [-0.1, -0.05) is 13.8 Å². The molecule has 0 bridgehead atoms. The molecule has 2 aromatic heterocycles. The molecule has 0 radical (unpaired) electrons. The van der Waals surface area contributed by atoms with Crippen molar-refractivity contribution >= 4 is 16.5 Å². The van der Waals surface area contributed by atoms with E-state index < -0.39 is 0 Å². The number of anilines is 1. The molecule has 1 unspecified atom stereocenters. The van der Waals surface area contributed by atoms with Crippen LogP contribution in [-0.4, -0.2) is 12.0 Å². The minimum atomic E-state index is 0.456. The lowest BCUT2D eigenvalue weighted by molar-refractivity contribution is 0.481. The molecule has 0 aromatic carbocycles. The number of aryl methyl sites for hydroxylation is 1. The van der Waals surface area contributed by atoms with E-state index in [1.807, 2.05) is 26.1 Å². The van der Waals surface area contributed by atoms with Crippen molar-refractivity contribution in [1.29, 1.82) is 0 Å². The third-order valence-electron chi connectivity index (χ3n) is 3.50. The second-order valence-electron chi connectivity index (χ2n) is 5.19. The van der Waals surface area contributed by atoms with Gasteiger partial charge in [-0.15, -0.1) is 11.3 Å². The molecule has 0 aliphatic rings. The van der Waals surface area contributed by atoms with Gasteiger partial charge in [0.2, 0.25) is 0 Å². The number of aromatic nitrogens is 1. The fourth-order valence-electron chi connectivity index (χ4n) is 2.11. The summed E-state index contributed by atoms with van der Waals surface area (Å²) < 4.78 is 5.62. The van der Waals surface area contributed by atoms with Crippen molar-refractivity contribution in [3.63, 3.8) is 0 Å². The maximum absolute atomic E-state index is 5.85. The summed E-state index contributed by atoms with van der Waals surface area (Å²) in [6, 6.07) is 4.00. The Morgan fingerprint density at radius 3 is 2.75 bits per heavy atom. The van der Waals surface area contributed by atoms with Crippen molar-refractivity contribution in [2.24, 2.45) is 5.73 Å². The summed E-state index contributed by atoms with van der Waals surface area (Å²) in [4.78, 5) is 8.09. The minimum Gasteiger partial charge on any atom is -0.464 e. The summed E-state index contributed by atoms with van der Waals surface area (Å²) in [5.41, 5.74) is 7.00. The van der Waals surface area contributed by atoms with E-state index in [0.717, 1.165) is 35.3 Å². The fraction of sp³-hybridized carbons (Fsp3) is 0.533. The summed E-state index contributed by atoms with van der Waals surface area (Å²) in [5, 5.41) is 1.01. The van der Waals surface area contributed by atoms with Crippen LogP contribution in [0.15, 0.2) is 16.5 Å². The number of nitrogens with two attached hydrogens (primary N) is 1. The average Bonchev–Trinajstić information content (AvgIpc) is 3.04. The quantitative estimate of drug-likeness (QED) is 0.883. The van der Waals surface area contributed by atoms with Crippen LogP contribution in [0.4, 0.5) is 5.13 Å². The van der Waals surface area contributed by atoms with Crippen LogP contribution in [0.25, 0.3) is 0 Å². The number of hydrogen-bond donors (Lipinski definition) is 1. The van der Waals surface area contributed by atoms with Gasteiger partial charge in [-0.25, -0.2) is 4.98 Å². The number of hydrogen-bond acceptors (Lipinski definition) is 5. The lowest BCUT2D eigenvalue weighted by atomic mass is 10.0. The Morgan fingerprint density at radius 2 is 2.20 bits per heavy atom. The van der Waals surface area contributed by atoms with Gasteiger partial charge in [0.25, 0.3) is 0 Å². The molecular formula is C15H23N3OS. The van der Waals surface area contributed by atoms with Crippen LogP contribution < -0.4 is 10.6 Å². The highest BCUT2D eigenvalue weighted by molar-refractivity contribution is 7.15. The average molecular weight is 293 g/mol. The normalized spacial score (nSPS) is 12.7. The molecule has 2 aromatic rings. The van der Waals surface area contributed by atoms with Crippen LogP contribution in [0, 0.1) is 6.92 Å². The molecule has 2 N–H and O–H groups in total. The molecule has 0 saturated carbocycles. The van der Waals surface area contributed by atoms with E-state index in [2.05, 4.69) is 18.7 Å². The van der Waals surface area contributed by atoms with Gasteiger partial charge in [0, 0.05) is 18.5 Å². The van der Waals surface area contributed by atoms with E-state index in [4.69, 9.17) is 15.1 Å². The summed E-state index contributed by atoms with van der Waals surface area (Å²) in [5.74, 6) is 2.35. The molecule has 0 aliphatic carbocycles. The van der Waals surface area contributed by atoms with E-state index in [1.165, 1.54) is 4.88 Å². The molecule has 2 rings (SSSR count). The maximum atomic E-state index is 5.85. The first kappa shape index (κ1) is 15.1. The zero-order chi connectivity index (χ0) is 14.7. The molecule has 110 valence electrons. The molecule has 5 heteroatoms. The second kappa shape index (κ2) is 6.41. The van der Waals surface area contributed by atoms with Crippen LogP contribution in [0.2, 0.25) is 0 Å². The second-order valence-corrected chi connectivity index (χ2v) is 6.25. The van der Waals surface area contributed by atoms with E-state index in [1.54, 1.807) is 11.3 Å². The number of rotatable bonds is 6. The Kier molecular flexibility index (Phi) is 4.83. The Bertz CT molecular complexity index is 561. The molecule has 0 spiro atoms. The smallest absolute Gasteiger partial charge is 0.185 e. The summed E-state index contributed by atoms with van der Waals surface area (Å²) in [6.07, 6.45) is 1.08. The third kappa shape index (κ3) is 3.22. The van der Waals surface area contributed by atoms with Crippen LogP contribution in [0.1, 0.15) is 48.3 Å². The molecule has 0 saturated heterocycles. The van der Waals surface area contributed by atoms with E-state index >= 15 is 0 Å². The lowest BCUT2D eigenvalue weighted by Gasteiger charge is -2.13. The van der Waals surface area contributed by atoms with Crippen molar-refractivity contribution in [2.45, 2.75) is 46.2 Å². The highest BCUT2D eigenvalue weighted by Crippen LogP contribution is 2.32. The Labute approximate surface area is 124 Å². The van der Waals surface area contributed by atoms with Gasteiger partial charge in [0.05, 0.1) is 12.2 Å². The van der Waals surface area contributed by atoms with Gasteiger partial charge in [-0.05, 0) is 31.4 Å². The largest absolute Gasteiger partial charge is 0.464 e. The Hall–Kier alpha value is -1.33. The first-order valence-electron chi connectivity index (χ1n) is 7.01. The molecule has 1 atom stereocenters. The molecule has 2 heterocycles. The molecule has 4 nitrogen and oxygen atoms in total. The number of nitrogens with zero attached hydrogens (tertiary/aromatic N) is 2.